The quantitative estimate of drug-likeness (QED) is 0.836. The number of aromatic nitrogens is 1. The smallest absolute Gasteiger partial charge is 0.244 e. The van der Waals surface area contributed by atoms with Crippen LogP contribution in [-0.4, -0.2) is 16.3 Å². The van der Waals surface area contributed by atoms with E-state index in [1.54, 1.807) is 22.9 Å². The second-order valence-corrected chi connectivity index (χ2v) is 3.99. The summed E-state index contributed by atoms with van der Waals surface area (Å²) in [5.74, 6) is -0.201. The number of carbonyl (C=O) groups excluding carboxylic acids is 2. The SMILES string of the molecule is CC(=O)c1cccn1CC(=O)Nc1ccccc1. The van der Waals surface area contributed by atoms with Crippen LogP contribution < -0.4 is 5.32 Å². The molecule has 0 aliphatic carbocycles. The normalized spacial score (nSPS) is 10.1. The van der Waals surface area contributed by atoms with Gasteiger partial charge in [-0.05, 0) is 24.3 Å². The number of amides is 1. The molecule has 4 heteroatoms. The molecule has 1 amide bonds. The highest BCUT2D eigenvalue weighted by molar-refractivity contribution is 5.94. The Morgan fingerprint density at radius 2 is 1.83 bits per heavy atom. The summed E-state index contributed by atoms with van der Waals surface area (Å²) in [4.78, 5) is 23.1. The van der Waals surface area contributed by atoms with E-state index in [4.69, 9.17) is 0 Å². The molecule has 0 aliphatic heterocycles. The number of rotatable bonds is 4. The van der Waals surface area contributed by atoms with E-state index < -0.39 is 0 Å². The van der Waals surface area contributed by atoms with Crippen molar-refractivity contribution in [2.75, 3.05) is 5.32 Å². The molecule has 0 bridgehead atoms. The Hall–Kier alpha value is -2.36. The van der Waals surface area contributed by atoms with Crippen LogP contribution in [0.15, 0.2) is 48.7 Å². The predicted molar refractivity (Wildman–Crippen MR) is 69.5 cm³/mol. The molecule has 1 aromatic heterocycles. The number of nitrogens with one attached hydrogen (secondary N) is 1. The van der Waals surface area contributed by atoms with E-state index in [1.807, 2.05) is 30.3 Å². The van der Waals surface area contributed by atoms with Crippen molar-refractivity contribution in [3.05, 3.63) is 54.4 Å². The fraction of sp³-hybridized carbons (Fsp3) is 0.143. The van der Waals surface area contributed by atoms with Gasteiger partial charge in [0.15, 0.2) is 5.78 Å². The first-order valence-corrected chi connectivity index (χ1v) is 5.68. The second kappa shape index (κ2) is 5.31. The molecular weight excluding hydrogens is 228 g/mol. The van der Waals surface area contributed by atoms with Gasteiger partial charge in [0.1, 0.15) is 6.54 Å². The summed E-state index contributed by atoms with van der Waals surface area (Å²) >= 11 is 0. The Kier molecular flexibility index (Phi) is 3.57. The van der Waals surface area contributed by atoms with Crippen LogP contribution in [0, 0.1) is 0 Å². The average molecular weight is 242 g/mol. The van der Waals surface area contributed by atoms with E-state index in [0.29, 0.717) is 5.69 Å². The van der Waals surface area contributed by atoms with Crippen molar-refractivity contribution >= 4 is 17.4 Å². The molecule has 1 heterocycles. The highest BCUT2D eigenvalue weighted by atomic mass is 16.2. The number of para-hydroxylation sites is 1. The summed E-state index contributed by atoms with van der Waals surface area (Å²) in [7, 11) is 0. The molecule has 0 atom stereocenters. The van der Waals surface area contributed by atoms with Crippen LogP contribution in [0.2, 0.25) is 0 Å². The van der Waals surface area contributed by atoms with Crippen LogP contribution in [0.25, 0.3) is 0 Å². The van der Waals surface area contributed by atoms with Crippen molar-refractivity contribution in [2.24, 2.45) is 0 Å². The molecular formula is C14H14N2O2. The van der Waals surface area contributed by atoms with Crippen molar-refractivity contribution in [3.8, 4) is 0 Å². The Labute approximate surface area is 105 Å². The van der Waals surface area contributed by atoms with Crippen molar-refractivity contribution in [3.63, 3.8) is 0 Å². The minimum atomic E-state index is -0.153. The van der Waals surface area contributed by atoms with Gasteiger partial charge in [0.25, 0.3) is 0 Å². The van der Waals surface area contributed by atoms with Gasteiger partial charge < -0.3 is 9.88 Å². The van der Waals surface area contributed by atoms with E-state index >= 15 is 0 Å². The summed E-state index contributed by atoms with van der Waals surface area (Å²) in [5.41, 5.74) is 1.29. The summed E-state index contributed by atoms with van der Waals surface area (Å²) < 4.78 is 1.64. The summed E-state index contributed by atoms with van der Waals surface area (Å²) in [6, 6.07) is 12.7. The highest BCUT2D eigenvalue weighted by Crippen LogP contribution is 2.07. The van der Waals surface area contributed by atoms with Gasteiger partial charge in [-0.1, -0.05) is 18.2 Å². The largest absolute Gasteiger partial charge is 0.336 e. The number of Topliss-reactive ketones (excluding diaryl/α,β-unsaturated/α-hetero) is 1. The van der Waals surface area contributed by atoms with Crippen molar-refractivity contribution < 1.29 is 9.59 Å². The molecule has 2 rings (SSSR count). The van der Waals surface area contributed by atoms with Gasteiger partial charge in [0.2, 0.25) is 5.91 Å². The minimum absolute atomic E-state index is 0.0486. The van der Waals surface area contributed by atoms with E-state index in [1.165, 1.54) is 6.92 Å². The van der Waals surface area contributed by atoms with Gasteiger partial charge in [-0.25, -0.2) is 0 Å². The number of anilines is 1. The van der Waals surface area contributed by atoms with Gasteiger partial charge in [-0.3, -0.25) is 9.59 Å². The summed E-state index contributed by atoms with van der Waals surface area (Å²) in [5, 5.41) is 2.78. The molecule has 0 aliphatic rings. The third kappa shape index (κ3) is 2.85. The number of benzene rings is 1. The molecule has 4 nitrogen and oxygen atoms in total. The lowest BCUT2D eigenvalue weighted by Gasteiger charge is -2.08. The molecule has 1 N–H and O–H groups in total. The zero-order valence-corrected chi connectivity index (χ0v) is 10.1. The van der Waals surface area contributed by atoms with Crippen molar-refractivity contribution in [2.45, 2.75) is 13.5 Å². The maximum atomic E-state index is 11.8. The predicted octanol–water partition coefficient (Wildman–Crippen LogP) is 2.33. The first-order chi connectivity index (χ1) is 8.66. The van der Waals surface area contributed by atoms with Crippen LogP contribution >= 0.6 is 0 Å². The molecule has 0 fully saturated rings. The van der Waals surface area contributed by atoms with Gasteiger partial charge in [0, 0.05) is 18.8 Å². The Morgan fingerprint density at radius 1 is 1.11 bits per heavy atom. The first-order valence-electron chi connectivity index (χ1n) is 5.68. The maximum absolute atomic E-state index is 11.8. The standard InChI is InChI=1S/C14H14N2O2/c1-11(17)13-8-5-9-16(13)10-14(18)15-12-6-3-2-4-7-12/h2-9H,10H2,1H3,(H,15,18). The fourth-order valence-corrected chi connectivity index (χ4v) is 1.75. The van der Waals surface area contributed by atoms with Crippen LogP contribution in [0.4, 0.5) is 5.69 Å². The van der Waals surface area contributed by atoms with E-state index in [-0.39, 0.29) is 18.2 Å². The molecule has 2 aromatic rings. The Bertz CT molecular complexity index is 558. The van der Waals surface area contributed by atoms with E-state index in [2.05, 4.69) is 5.32 Å². The molecule has 0 unspecified atom stereocenters. The molecule has 1 aromatic carbocycles. The molecule has 92 valence electrons. The highest BCUT2D eigenvalue weighted by Gasteiger charge is 2.09. The zero-order chi connectivity index (χ0) is 13.0. The number of hydrogen-bond donors (Lipinski definition) is 1. The van der Waals surface area contributed by atoms with Crippen LogP contribution in [0.5, 0.6) is 0 Å². The Morgan fingerprint density at radius 3 is 2.50 bits per heavy atom. The van der Waals surface area contributed by atoms with Crippen LogP contribution in [0.3, 0.4) is 0 Å². The van der Waals surface area contributed by atoms with E-state index in [9.17, 15) is 9.59 Å². The molecule has 0 radical (unpaired) electrons. The number of ketones is 1. The lowest BCUT2D eigenvalue weighted by atomic mass is 10.3. The number of hydrogen-bond acceptors (Lipinski definition) is 2. The van der Waals surface area contributed by atoms with Gasteiger partial charge in [-0.15, -0.1) is 0 Å². The van der Waals surface area contributed by atoms with Crippen LogP contribution in [0.1, 0.15) is 17.4 Å². The minimum Gasteiger partial charge on any atom is -0.336 e. The zero-order valence-electron chi connectivity index (χ0n) is 10.1. The second-order valence-electron chi connectivity index (χ2n) is 3.99. The Balaban J connectivity index is 2.04. The molecule has 0 saturated carbocycles. The van der Waals surface area contributed by atoms with Crippen LogP contribution in [-0.2, 0) is 11.3 Å². The van der Waals surface area contributed by atoms with E-state index in [0.717, 1.165) is 5.69 Å². The monoisotopic (exact) mass is 242 g/mol. The van der Waals surface area contributed by atoms with Gasteiger partial charge in [0.05, 0.1) is 5.69 Å². The number of nitrogens with zero attached hydrogens (tertiary/aromatic N) is 1. The first kappa shape index (κ1) is 12.1. The average Bonchev–Trinajstić information content (AvgIpc) is 2.78. The number of carbonyl (C=O) groups is 2. The van der Waals surface area contributed by atoms with Gasteiger partial charge >= 0.3 is 0 Å². The maximum Gasteiger partial charge on any atom is 0.244 e. The lowest BCUT2D eigenvalue weighted by molar-refractivity contribution is -0.116. The fourth-order valence-electron chi connectivity index (χ4n) is 1.75. The molecule has 0 saturated heterocycles. The molecule has 18 heavy (non-hydrogen) atoms. The molecule has 0 spiro atoms. The lowest BCUT2D eigenvalue weighted by Crippen LogP contribution is -2.20. The summed E-state index contributed by atoms with van der Waals surface area (Å²) in [6.45, 7) is 1.62. The third-order valence-corrected chi connectivity index (χ3v) is 2.56. The van der Waals surface area contributed by atoms with Gasteiger partial charge in [-0.2, -0.15) is 0 Å². The third-order valence-electron chi connectivity index (χ3n) is 2.56. The van der Waals surface area contributed by atoms with Crippen molar-refractivity contribution in [1.82, 2.24) is 4.57 Å². The van der Waals surface area contributed by atoms with Crippen molar-refractivity contribution in [1.29, 1.82) is 0 Å². The summed E-state index contributed by atoms with van der Waals surface area (Å²) in [6.07, 6.45) is 1.72. The topological polar surface area (TPSA) is 51.1 Å².